The molecule has 110 valence electrons. The Labute approximate surface area is 123 Å². The molecule has 0 saturated heterocycles. The number of H-pyrrole nitrogens is 1. The first-order valence-corrected chi connectivity index (χ1v) is 7.33. The third kappa shape index (κ3) is 3.07. The van der Waals surface area contributed by atoms with Crippen molar-refractivity contribution in [2.45, 2.75) is 32.6 Å². The van der Waals surface area contributed by atoms with Gasteiger partial charge in [-0.1, -0.05) is 13.0 Å². The molecule has 2 aromatic rings. The molecule has 5 nitrogen and oxygen atoms in total. The van der Waals surface area contributed by atoms with Crippen molar-refractivity contribution in [3.05, 3.63) is 41.1 Å². The van der Waals surface area contributed by atoms with Crippen molar-refractivity contribution < 1.29 is 9.53 Å². The number of carbonyl (C=O) groups excluding carboxylic acids is 1. The molecule has 1 aliphatic rings. The van der Waals surface area contributed by atoms with Gasteiger partial charge in [-0.25, -0.2) is 0 Å². The number of rotatable bonds is 5. The number of carbonyl (C=O) groups is 1. The first-order valence-electron chi connectivity index (χ1n) is 7.33. The van der Waals surface area contributed by atoms with Gasteiger partial charge in [0.25, 0.3) is 5.91 Å². The van der Waals surface area contributed by atoms with Crippen molar-refractivity contribution in [1.29, 1.82) is 0 Å². The summed E-state index contributed by atoms with van der Waals surface area (Å²) in [7, 11) is 0. The summed E-state index contributed by atoms with van der Waals surface area (Å²) in [5, 5.41) is 9.49. The van der Waals surface area contributed by atoms with Gasteiger partial charge in [-0.15, -0.1) is 0 Å². The first kappa shape index (κ1) is 13.7. The Bertz CT molecular complexity index is 649. The lowest BCUT2D eigenvalue weighted by Gasteiger charge is -2.08. The molecule has 1 aromatic heterocycles. The molecule has 0 saturated carbocycles. The molecule has 1 heterocycles. The molecule has 0 unspecified atom stereocenters. The molecule has 0 spiro atoms. The van der Waals surface area contributed by atoms with E-state index in [0.717, 1.165) is 30.6 Å². The largest absolute Gasteiger partial charge is 0.484 e. The van der Waals surface area contributed by atoms with Crippen molar-refractivity contribution in [3.63, 3.8) is 0 Å². The Morgan fingerprint density at radius 3 is 3.10 bits per heavy atom. The summed E-state index contributed by atoms with van der Waals surface area (Å²) in [6, 6.07) is 6.08. The predicted molar refractivity (Wildman–Crippen MR) is 80.6 cm³/mol. The highest BCUT2D eigenvalue weighted by Crippen LogP contribution is 2.26. The normalized spacial score (nSPS) is 13.0. The Balaban J connectivity index is 1.56. The summed E-state index contributed by atoms with van der Waals surface area (Å²) >= 11 is 0. The SMILES string of the molecule is CCc1cn[nH]c1NC(=O)COc1ccc2c(c1)CCC2. The lowest BCUT2D eigenvalue weighted by atomic mass is 10.1. The molecule has 0 fully saturated rings. The molecular weight excluding hydrogens is 266 g/mol. The fourth-order valence-electron chi connectivity index (χ4n) is 2.65. The standard InChI is InChI=1S/C16H19N3O2/c1-2-11-9-17-19-16(11)18-15(20)10-21-14-7-6-12-4-3-5-13(12)8-14/h6-9H,2-5,10H2,1H3,(H2,17,18,19,20). The molecule has 21 heavy (non-hydrogen) atoms. The Kier molecular flexibility index (Phi) is 3.90. The summed E-state index contributed by atoms with van der Waals surface area (Å²) in [4.78, 5) is 11.9. The van der Waals surface area contributed by atoms with E-state index in [1.165, 1.54) is 17.5 Å². The van der Waals surface area contributed by atoms with Crippen LogP contribution in [0.1, 0.15) is 30.0 Å². The van der Waals surface area contributed by atoms with Crippen molar-refractivity contribution >= 4 is 11.7 Å². The number of benzene rings is 1. The number of ether oxygens (including phenoxy) is 1. The van der Waals surface area contributed by atoms with Gasteiger partial charge in [0.15, 0.2) is 6.61 Å². The molecule has 1 amide bonds. The van der Waals surface area contributed by atoms with Crippen LogP contribution < -0.4 is 10.1 Å². The third-order valence-electron chi connectivity index (χ3n) is 3.80. The van der Waals surface area contributed by atoms with Crippen LogP contribution in [0.4, 0.5) is 5.82 Å². The summed E-state index contributed by atoms with van der Waals surface area (Å²) in [5.74, 6) is 1.22. The molecule has 2 N–H and O–H groups in total. The zero-order valence-corrected chi connectivity index (χ0v) is 12.1. The minimum atomic E-state index is -0.186. The van der Waals surface area contributed by atoms with Gasteiger partial charge in [-0.2, -0.15) is 5.10 Å². The lowest BCUT2D eigenvalue weighted by molar-refractivity contribution is -0.118. The number of nitrogens with zero attached hydrogens (tertiary/aromatic N) is 1. The minimum absolute atomic E-state index is 0.000953. The average Bonchev–Trinajstić information content (AvgIpc) is 3.12. The van der Waals surface area contributed by atoms with Crippen LogP contribution in [-0.4, -0.2) is 22.7 Å². The number of hydrogen-bond donors (Lipinski definition) is 2. The van der Waals surface area contributed by atoms with E-state index >= 15 is 0 Å². The molecule has 0 radical (unpaired) electrons. The van der Waals surface area contributed by atoms with E-state index in [1.807, 2.05) is 19.1 Å². The van der Waals surface area contributed by atoms with E-state index in [2.05, 4.69) is 21.6 Å². The second-order valence-corrected chi connectivity index (χ2v) is 5.24. The average molecular weight is 285 g/mol. The zero-order chi connectivity index (χ0) is 14.7. The van der Waals surface area contributed by atoms with E-state index in [9.17, 15) is 4.79 Å². The lowest BCUT2D eigenvalue weighted by Crippen LogP contribution is -2.21. The Morgan fingerprint density at radius 2 is 2.24 bits per heavy atom. The fraction of sp³-hybridized carbons (Fsp3) is 0.375. The van der Waals surface area contributed by atoms with Crippen LogP contribution in [0.25, 0.3) is 0 Å². The topological polar surface area (TPSA) is 67.0 Å². The smallest absolute Gasteiger partial charge is 0.263 e. The van der Waals surface area contributed by atoms with Crippen LogP contribution in [0.5, 0.6) is 5.75 Å². The van der Waals surface area contributed by atoms with E-state index < -0.39 is 0 Å². The van der Waals surface area contributed by atoms with Crippen molar-refractivity contribution in [2.24, 2.45) is 0 Å². The van der Waals surface area contributed by atoms with E-state index in [1.54, 1.807) is 6.20 Å². The van der Waals surface area contributed by atoms with Crippen molar-refractivity contribution in [2.75, 3.05) is 11.9 Å². The van der Waals surface area contributed by atoms with Gasteiger partial charge in [-0.3, -0.25) is 9.89 Å². The van der Waals surface area contributed by atoms with Gasteiger partial charge in [0, 0.05) is 5.56 Å². The van der Waals surface area contributed by atoms with Crippen LogP contribution in [-0.2, 0) is 24.1 Å². The second-order valence-electron chi connectivity index (χ2n) is 5.24. The fourth-order valence-corrected chi connectivity index (χ4v) is 2.65. The van der Waals surface area contributed by atoms with Gasteiger partial charge >= 0.3 is 0 Å². The van der Waals surface area contributed by atoms with Crippen molar-refractivity contribution in [3.8, 4) is 5.75 Å². The summed E-state index contributed by atoms with van der Waals surface area (Å²) in [6.45, 7) is 2.02. The van der Waals surface area contributed by atoms with Gasteiger partial charge in [0.05, 0.1) is 6.20 Å². The van der Waals surface area contributed by atoms with Crippen LogP contribution in [0.15, 0.2) is 24.4 Å². The molecule has 1 aromatic carbocycles. The number of aryl methyl sites for hydroxylation is 3. The number of fused-ring (bicyclic) bond motifs is 1. The number of amides is 1. The Hall–Kier alpha value is -2.30. The van der Waals surface area contributed by atoms with E-state index in [4.69, 9.17) is 4.74 Å². The van der Waals surface area contributed by atoms with E-state index in [-0.39, 0.29) is 12.5 Å². The number of aromatic amines is 1. The number of nitrogens with one attached hydrogen (secondary N) is 2. The highest BCUT2D eigenvalue weighted by molar-refractivity contribution is 5.91. The number of hydrogen-bond acceptors (Lipinski definition) is 3. The molecule has 5 heteroatoms. The van der Waals surface area contributed by atoms with Crippen LogP contribution >= 0.6 is 0 Å². The summed E-state index contributed by atoms with van der Waals surface area (Å²) in [5.41, 5.74) is 3.73. The first-order chi connectivity index (χ1) is 10.3. The zero-order valence-electron chi connectivity index (χ0n) is 12.1. The third-order valence-corrected chi connectivity index (χ3v) is 3.80. The maximum atomic E-state index is 11.9. The highest BCUT2D eigenvalue weighted by atomic mass is 16.5. The second kappa shape index (κ2) is 5.99. The minimum Gasteiger partial charge on any atom is -0.484 e. The number of aromatic nitrogens is 2. The van der Waals surface area contributed by atoms with Gasteiger partial charge < -0.3 is 10.1 Å². The number of anilines is 1. The van der Waals surface area contributed by atoms with E-state index in [0.29, 0.717) is 5.82 Å². The quantitative estimate of drug-likeness (QED) is 0.887. The summed E-state index contributed by atoms with van der Waals surface area (Å²) < 4.78 is 5.57. The monoisotopic (exact) mass is 285 g/mol. The van der Waals surface area contributed by atoms with Gasteiger partial charge in [0.2, 0.25) is 0 Å². The highest BCUT2D eigenvalue weighted by Gasteiger charge is 2.12. The Morgan fingerprint density at radius 1 is 1.38 bits per heavy atom. The molecule has 1 aliphatic carbocycles. The molecule has 0 atom stereocenters. The molecule has 3 rings (SSSR count). The molecular formula is C16H19N3O2. The van der Waals surface area contributed by atoms with Crippen LogP contribution in [0.3, 0.4) is 0 Å². The predicted octanol–water partition coefficient (Wildman–Crippen LogP) is 2.48. The molecule has 0 bridgehead atoms. The summed E-state index contributed by atoms with van der Waals surface area (Å²) in [6.07, 6.45) is 6.00. The van der Waals surface area contributed by atoms with Crippen molar-refractivity contribution in [1.82, 2.24) is 10.2 Å². The molecule has 0 aliphatic heterocycles. The van der Waals surface area contributed by atoms with Crippen LogP contribution in [0, 0.1) is 0 Å². The maximum absolute atomic E-state index is 11.9. The van der Waals surface area contributed by atoms with Gasteiger partial charge in [-0.05, 0) is 48.9 Å². The van der Waals surface area contributed by atoms with Gasteiger partial charge in [0.1, 0.15) is 11.6 Å². The maximum Gasteiger partial charge on any atom is 0.263 e. The van der Waals surface area contributed by atoms with Crippen LogP contribution in [0.2, 0.25) is 0 Å².